The van der Waals surface area contributed by atoms with Crippen molar-refractivity contribution < 1.29 is 19.4 Å². The molecule has 32 heavy (non-hydrogen) atoms. The predicted molar refractivity (Wildman–Crippen MR) is 126 cm³/mol. The van der Waals surface area contributed by atoms with Crippen LogP contribution in [0.4, 0.5) is 0 Å². The molecule has 5 nitrogen and oxygen atoms in total. The normalized spacial score (nSPS) is 19.6. The molecule has 0 aliphatic heterocycles. The summed E-state index contributed by atoms with van der Waals surface area (Å²) in [6, 6.07) is 10.1. The number of allylic oxidation sites excluding steroid dienone is 2. The highest BCUT2D eigenvalue weighted by Gasteiger charge is 2.34. The van der Waals surface area contributed by atoms with Crippen molar-refractivity contribution in [3.05, 3.63) is 76.4 Å². The van der Waals surface area contributed by atoms with Gasteiger partial charge in [-0.2, -0.15) is 0 Å². The third kappa shape index (κ3) is 4.58. The van der Waals surface area contributed by atoms with Crippen molar-refractivity contribution in [1.29, 1.82) is 0 Å². The van der Waals surface area contributed by atoms with Gasteiger partial charge in [-0.1, -0.05) is 36.4 Å². The Hall–Kier alpha value is -2.67. The summed E-state index contributed by atoms with van der Waals surface area (Å²) in [6.45, 7) is 4.11. The van der Waals surface area contributed by atoms with Crippen LogP contribution >= 0.6 is 11.3 Å². The number of carbonyl (C=O) groups is 2. The number of ketones is 2. The molecule has 3 aromatic rings. The first-order valence-electron chi connectivity index (χ1n) is 10.9. The lowest BCUT2D eigenvalue weighted by Gasteiger charge is -2.22. The number of hydrogen-bond acceptors (Lipinski definition) is 6. The Kier molecular flexibility index (Phi) is 6.94. The molecule has 3 atom stereocenters. The van der Waals surface area contributed by atoms with Gasteiger partial charge in [-0.15, -0.1) is 11.3 Å². The molecule has 0 spiro atoms. The highest BCUT2D eigenvalue weighted by atomic mass is 32.1. The Bertz CT molecular complexity index is 1150. The molecule has 6 heteroatoms. The Morgan fingerprint density at radius 3 is 2.75 bits per heavy atom. The van der Waals surface area contributed by atoms with Crippen LogP contribution in [0.25, 0.3) is 10.1 Å². The number of pyridine rings is 1. The van der Waals surface area contributed by atoms with Crippen LogP contribution in [0.2, 0.25) is 0 Å². The van der Waals surface area contributed by atoms with Crippen molar-refractivity contribution in [2.45, 2.75) is 39.4 Å². The van der Waals surface area contributed by atoms with Crippen molar-refractivity contribution in [3.8, 4) is 0 Å². The van der Waals surface area contributed by atoms with Crippen LogP contribution in [0.5, 0.6) is 0 Å². The molecule has 1 aromatic carbocycles. The van der Waals surface area contributed by atoms with Crippen LogP contribution in [0.1, 0.15) is 42.0 Å². The van der Waals surface area contributed by atoms with Crippen molar-refractivity contribution in [3.63, 3.8) is 0 Å². The number of Topliss-reactive ketones (excluding diaryl/α,β-unsaturated/α-hetero) is 1. The minimum Gasteiger partial charge on any atom is -0.364 e. The summed E-state index contributed by atoms with van der Waals surface area (Å²) in [4.78, 5) is 30.3. The number of ether oxygens (including phenoxy) is 1. The lowest BCUT2D eigenvalue weighted by molar-refractivity contribution is -0.133. The van der Waals surface area contributed by atoms with Gasteiger partial charge in [-0.25, -0.2) is 0 Å². The van der Waals surface area contributed by atoms with E-state index in [1.807, 2.05) is 37.4 Å². The van der Waals surface area contributed by atoms with Gasteiger partial charge < -0.3 is 9.84 Å². The predicted octanol–water partition coefficient (Wildman–Crippen LogP) is 4.75. The van der Waals surface area contributed by atoms with Gasteiger partial charge in [0.15, 0.2) is 17.9 Å². The first-order chi connectivity index (χ1) is 15.5. The van der Waals surface area contributed by atoms with Gasteiger partial charge >= 0.3 is 0 Å². The molecule has 1 aliphatic rings. The largest absolute Gasteiger partial charge is 0.364 e. The minimum atomic E-state index is -1.05. The molecule has 0 bridgehead atoms. The summed E-state index contributed by atoms with van der Waals surface area (Å²) in [5, 5.41) is 13.2. The number of aromatic nitrogens is 1. The van der Waals surface area contributed by atoms with Crippen LogP contribution < -0.4 is 0 Å². The van der Waals surface area contributed by atoms with Crippen molar-refractivity contribution in [2.75, 3.05) is 6.61 Å². The Morgan fingerprint density at radius 1 is 1.22 bits per heavy atom. The summed E-state index contributed by atoms with van der Waals surface area (Å²) in [5.41, 5.74) is 3.54. The average Bonchev–Trinajstić information content (AvgIpc) is 3.22. The quantitative estimate of drug-likeness (QED) is 0.397. The van der Waals surface area contributed by atoms with Gasteiger partial charge in [-0.3, -0.25) is 14.6 Å². The summed E-state index contributed by atoms with van der Waals surface area (Å²) < 4.78 is 6.24. The van der Waals surface area contributed by atoms with Crippen molar-refractivity contribution >= 4 is 33.0 Å². The fourth-order valence-corrected chi connectivity index (χ4v) is 5.47. The maximum atomic E-state index is 13.2. The SMILES string of the molecule is CCOC(O)c1cnc(C)c2c(C[C@H]3C(=O)C=C[C@@H](CCc4ccccc4)C3=O)csc12. The number of aryl methyl sites for hydroxylation is 2. The van der Waals surface area contributed by atoms with Crippen LogP contribution in [0.3, 0.4) is 0 Å². The Morgan fingerprint density at radius 2 is 2.00 bits per heavy atom. The van der Waals surface area contributed by atoms with Crippen LogP contribution in [-0.2, 0) is 27.2 Å². The smallest absolute Gasteiger partial charge is 0.184 e. The molecule has 2 aromatic heterocycles. The van der Waals surface area contributed by atoms with E-state index in [9.17, 15) is 14.7 Å². The summed E-state index contributed by atoms with van der Waals surface area (Å²) in [7, 11) is 0. The van der Waals surface area contributed by atoms with Gasteiger partial charge in [0.1, 0.15) is 0 Å². The third-order valence-corrected chi connectivity index (χ3v) is 7.11. The number of thiophene rings is 1. The van der Waals surface area contributed by atoms with Gasteiger partial charge in [0.05, 0.1) is 5.92 Å². The van der Waals surface area contributed by atoms with E-state index < -0.39 is 12.2 Å². The molecule has 4 rings (SSSR count). The molecule has 0 fully saturated rings. The highest BCUT2D eigenvalue weighted by Crippen LogP contribution is 2.36. The van der Waals surface area contributed by atoms with Crippen LogP contribution in [0, 0.1) is 18.8 Å². The van der Waals surface area contributed by atoms with E-state index in [1.165, 1.54) is 16.9 Å². The summed E-state index contributed by atoms with van der Waals surface area (Å²) >= 11 is 1.49. The molecule has 1 unspecified atom stereocenters. The zero-order valence-corrected chi connectivity index (χ0v) is 19.1. The molecule has 166 valence electrons. The molecular weight excluding hydrogens is 422 g/mol. The monoisotopic (exact) mass is 449 g/mol. The topological polar surface area (TPSA) is 76.5 Å². The lowest BCUT2D eigenvalue weighted by Crippen LogP contribution is -2.33. The molecule has 0 radical (unpaired) electrons. The number of rotatable bonds is 8. The van der Waals surface area contributed by atoms with Gasteiger partial charge in [0.2, 0.25) is 0 Å². The van der Waals surface area contributed by atoms with E-state index in [2.05, 4.69) is 17.1 Å². The van der Waals surface area contributed by atoms with Gasteiger partial charge in [0, 0.05) is 40.1 Å². The van der Waals surface area contributed by atoms with E-state index in [-0.39, 0.29) is 17.5 Å². The zero-order chi connectivity index (χ0) is 22.7. The number of aliphatic hydroxyl groups is 1. The first kappa shape index (κ1) is 22.5. The highest BCUT2D eigenvalue weighted by molar-refractivity contribution is 7.17. The molecular formula is C26H27NO4S. The summed E-state index contributed by atoms with van der Waals surface area (Å²) in [6.07, 6.45) is 5.76. The third-order valence-electron chi connectivity index (χ3n) is 6.04. The Balaban J connectivity index is 1.56. The standard InChI is InChI=1S/C26H27NO4S/c1-3-31-26(30)21-14-27-16(2)23-19(15-32-25(21)23)13-20-22(28)12-11-18(24(20)29)10-9-17-7-5-4-6-8-17/h4-8,11-12,14-15,18,20,26,30H,3,9-10,13H2,1-2H3/t18-,20+,26?/m1/s1. The molecule has 0 saturated heterocycles. The minimum absolute atomic E-state index is 0.0103. The van der Waals surface area contributed by atoms with Gasteiger partial charge in [-0.05, 0) is 55.7 Å². The van der Waals surface area contributed by atoms with Crippen molar-refractivity contribution in [1.82, 2.24) is 4.98 Å². The van der Waals surface area contributed by atoms with Crippen molar-refractivity contribution in [2.24, 2.45) is 11.8 Å². The molecule has 1 N–H and O–H groups in total. The first-order valence-corrected chi connectivity index (χ1v) is 11.8. The average molecular weight is 450 g/mol. The zero-order valence-electron chi connectivity index (χ0n) is 18.3. The second kappa shape index (κ2) is 9.86. The molecule has 0 saturated carbocycles. The molecule has 0 amide bonds. The molecule has 1 aliphatic carbocycles. The van der Waals surface area contributed by atoms with E-state index in [0.29, 0.717) is 25.0 Å². The molecule has 2 heterocycles. The summed E-state index contributed by atoms with van der Waals surface area (Å²) in [5.74, 6) is -1.08. The second-order valence-electron chi connectivity index (χ2n) is 8.12. The van der Waals surface area contributed by atoms with E-state index in [1.54, 1.807) is 18.3 Å². The van der Waals surface area contributed by atoms with Gasteiger partial charge in [0.25, 0.3) is 0 Å². The fourth-order valence-electron chi connectivity index (χ4n) is 4.31. The van der Waals surface area contributed by atoms with E-state index >= 15 is 0 Å². The fraction of sp³-hybridized carbons (Fsp3) is 0.346. The van der Waals surface area contributed by atoms with Crippen LogP contribution in [-0.4, -0.2) is 28.3 Å². The number of hydrogen-bond donors (Lipinski definition) is 1. The number of aliphatic hydroxyl groups excluding tert-OH is 1. The number of carbonyl (C=O) groups excluding carboxylic acids is 2. The maximum absolute atomic E-state index is 13.2. The number of benzene rings is 1. The van der Waals surface area contributed by atoms with E-state index in [0.717, 1.165) is 27.8 Å². The second-order valence-corrected chi connectivity index (χ2v) is 9.00. The van der Waals surface area contributed by atoms with Crippen LogP contribution in [0.15, 0.2) is 54.1 Å². The Labute approximate surface area is 191 Å². The number of fused-ring (bicyclic) bond motifs is 1. The maximum Gasteiger partial charge on any atom is 0.184 e. The van der Waals surface area contributed by atoms with E-state index in [4.69, 9.17) is 4.74 Å². The lowest BCUT2D eigenvalue weighted by atomic mass is 9.78. The number of nitrogens with zero attached hydrogens (tertiary/aromatic N) is 1.